The van der Waals surface area contributed by atoms with E-state index in [1.165, 1.54) is 0 Å². The Morgan fingerprint density at radius 3 is 1.92 bits per heavy atom. The molecule has 13 N–H and O–H groups in total. The fraction of sp³-hybridized carbons (Fsp3) is 0.667. The molecule has 0 fully saturated rings. The van der Waals surface area contributed by atoms with Crippen molar-refractivity contribution >= 4 is 41.5 Å². The summed E-state index contributed by atoms with van der Waals surface area (Å²) in [4.78, 5) is 75.8. The SMILES string of the molecule is CCC(C)C(NC(=O)C(CCCN=C(N)N)NC(=O)C(CC(N)=O)NC(=O)C(N)CCC(=O)O)C(=O)O. The minimum absolute atomic E-state index is 0.0173. The molecular weight excluding hydrogens is 492 g/mol. The summed E-state index contributed by atoms with van der Waals surface area (Å²) >= 11 is 0. The summed E-state index contributed by atoms with van der Waals surface area (Å²) in [7, 11) is 0. The summed E-state index contributed by atoms with van der Waals surface area (Å²) in [5.41, 5.74) is 21.4. The van der Waals surface area contributed by atoms with Gasteiger partial charge in [0.2, 0.25) is 23.6 Å². The molecule has 210 valence electrons. The summed E-state index contributed by atoms with van der Waals surface area (Å²) in [6.07, 6.45) is -0.626. The van der Waals surface area contributed by atoms with Crippen molar-refractivity contribution in [2.24, 2.45) is 33.8 Å². The fourth-order valence-electron chi connectivity index (χ4n) is 3.08. The number of guanidine groups is 1. The maximum absolute atomic E-state index is 12.9. The van der Waals surface area contributed by atoms with Crippen molar-refractivity contribution in [2.45, 2.75) is 76.5 Å². The minimum atomic E-state index is -1.53. The van der Waals surface area contributed by atoms with Crippen molar-refractivity contribution < 1.29 is 39.0 Å². The Balaban J connectivity index is 5.68. The van der Waals surface area contributed by atoms with Crippen LogP contribution in [0, 0.1) is 5.92 Å². The number of hydrogen-bond donors (Lipinski definition) is 9. The van der Waals surface area contributed by atoms with Crippen molar-refractivity contribution in [1.29, 1.82) is 0 Å². The van der Waals surface area contributed by atoms with Crippen LogP contribution in [-0.4, -0.2) is 82.5 Å². The Bertz CT molecular complexity index is 861. The molecule has 0 aromatic carbocycles. The highest BCUT2D eigenvalue weighted by atomic mass is 16.4. The highest BCUT2D eigenvalue weighted by molar-refractivity contribution is 5.96. The number of hydrogen-bond acceptors (Lipinski definition) is 8. The van der Waals surface area contributed by atoms with E-state index in [0.29, 0.717) is 6.42 Å². The summed E-state index contributed by atoms with van der Waals surface area (Å²) in [6.45, 7) is 3.49. The van der Waals surface area contributed by atoms with Crippen molar-refractivity contribution in [2.75, 3.05) is 6.54 Å². The first-order chi connectivity index (χ1) is 17.2. The van der Waals surface area contributed by atoms with Crippen LogP contribution in [0.2, 0.25) is 0 Å². The molecule has 37 heavy (non-hydrogen) atoms. The van der Waals surface area contributed by atoms with Crippen LogP contribution >= 0.6 is 0 Å². The van der Waals surface area contributed by atoms with Crippen LogP contribution in [0.3, 0.4) is 0 Å². The number of carbonyl (C=O) groups excluding carboxylic acids is 4. The number of nitrogens with zero attached hydrogens (tertiary/aromatic N) is 1. The number of amides is 4. The summed E-state index contributed by atoms with van der Waals surface area (Å²) in [5.74, 6) is -6.67. The number of carboxylic acids is 2. The van der Waals surface area contributed by atoms with Gasteiger partial charge in [0.25, 0.3) is 0 Å². The number of rotatable bonds is 18. The molecule has 0 saturated heterocycles. The van der Waals surface area contributed by atoms with Crippen LogP contribution in [0.5, 0.6) is 0 Å². The number of nitrogens with two attached hydrogens (primary N) is 4. The molecule has 16 heteroatoms. The lowest BCUT2D eigenvalue weighted by atomic mass is 9.98. The molecule has 0 aliphatic carbocycles. The van der Waals surface area contributed by atoms with Crippen LogP contribution in [0.15, 0.2) is 4.99 Å². The molecule has 0 saturated carbocycles. The van der Waals surface area contributed by atoms with Crippen LogP contribution in [0.4, 0.5) is 0 Å². The second-order valence-electron chi connectivity index (χ2n) is 8.49. The molecule has 0 aromatic rings. The van der Waals surface area contributed by atoms with E-state index in [1.807, 2.05) is 0 Å². The average Bonchev–Trinajstić information content (AvgIpc) is 2.80. The molecule has 0 spiro atoms. The number of aliphatic carboxylic acids is 2. The standard InChI is InChI=1S/C21H38N8O8/c1-3-10(2)16(20(36)37)29-18(34)12(5-4-8-26-21(24)25)27-19(35)13(9-14(23)30)28-17(33)11(22)6-7-15(31)32/h10-13,16H,3-9,22H2,1-2H3,(H2,23,30)(H,27,35)(H,28,33)(H,29,34)(H,31,32)(H,36,37)(H4,24,25,26). The zero-order valence-electron chi connectivity index (χ0n) is 20.9. The Labute approximate surface area is 214 Å². The monoisotopic (exact) mass is 530 g/mol. The van der Waals surface area contributed by atoms with Crippen LogP contribution in [0.1, 0.15) is 52.4 Å². The Hall–Kier alpha value is -3.95. The third-order valence-electron chi connectivity index (χ3n) is 5.40. The normalized spacial score (nSPS) is 14.7. The fourth-order valence-corrected chi connectivity index (χ4v) is 3.08. The Morgan fingerprint density at radius 2 is 1.43 bits per heavy atom. The molecule has 4 amide bonds. The van der Waals surface area contributed by atoms with Crippen LogP contribution in [-0.2, 0) is 28.8 Å². The highest BCUT2D eigenvalue weighted by Crippen LogP contribution is 2.10. The van der Waals surface area contributed by atoms with Crippen molar-refractivity contribution in [3.05, 3.63) is 0 Å². The van der Waals surface area contributed by atoms with Gasteiger partial charge in [-0.1, -0.05) is 20.3 Å². The lowest BCUT2D eigenvalue weighted by Gasteiger charge is -2.26. The first-order valence-electron chi connectivity index (χ1n) is 11.6. The average molecular weight is 531 g/mol. The molecule has 16 nitrogen and oxygen atoms in total. The molecule has 0 aliphatic rings. The molecular formula is C21H38N8O8. The second-order valence-corrected chi connectivity index (χ2v) is 8.49. The first-order valence-corrected chi connectivity index (χ1v) is 11.6. The van der Waals surface area contributed by atoms with E-state index in [4.69, 9.17) is 28.0 Å². The minimum Gasteiger partial charge on any atom is -0.481 e. The van der Waals surface area contributed by atoms with Gasteiger partial charge in [-0.15, -0.1) is 0 Å². The van der Waals surface area contributed by atoms with Gasteiger partial charge in [0, 0.05) is 13.0 Å². The molecule has 0 aromatic heterocycles. The van der Waals surface area contributed by atoms with Gasteiger partial charge >= 0.3 is 11.9 Å². The molecule has 0 radical (unpaired) electrons. The van der Waals surface area contributed by atoms with Crippen LogP contribution < -0.4 is 38.9 Å². The van der Waals surface area contributed by atoms with E-state index in [2.05, 4.69) is 20.9 Å². The van der Waals surface area contributed by atoms with E-state index in [0.717, 1.165) is 0 Å². The Kier molecular flexibility index (Phi) is 14.9. The van der Waals surface area contributed by atoms with Crippen molar-refractivity contribution in [3.63, 3.8) is 0 Å². The molecule has 0 heterocycles. The summed E-state index contributed by atoms with van der Waals surface area (Å²) < 4.78 is 0. The van der Waals surface area contributed by atoms with Crippen molar-refractivity contribution in [1.82, 2.24) is 16.0 Å². The van der Waals surface area contributed by atoms with Gasteiger partial charge < -0.3 is 49.1 Å². The Morgan fingerprint density at radius 1 is 0.865 bits per heavy atom. The lowest BCUT2D eigenvalue weighted by molar-refractivity contribution is -0.144. The number of nitrogens with one attached hydrogen (secondary N) is 3. The maximum atomic E-state index is 12.9. The summed E-state index contributed by atoms with van der Waals surface area (Å²) in [5, 5.41) is 25.2. The maximum Gasteiger partial charge on any atom is 0.326 e. The van der Waals surface area contributed by atoms with Gasteiger partial charge in [-0.3, -0.25) is 29.0 Å². The molecule has 5 unspecified atom stereocenters. The molecule has 0 rings (SSSR count). The highest BCUT2D eigenvalue weighted by Gasteiger charge is 2.32. The second kappa shape index (κ2) is 16.7. The first kappa shape index (κ1) is 33.0. The number of carboxylic acid groups (broad SMARTS) is 2. The molecule has 5 atom stereocenters. The van der Waals surface area contributed by atoms with E-state index in [-0.39, 0.29) is 31.8 Å². The topological polar surface area (TPSA) is 295 Å². The van der Waals surface area contributed by atoms with Gasteiger partial charge in [-0.2, -0.15) is 0 Å². The van der Waals surface area contributed by atoms with E-state index >= 15 is 0 Å². The summed E-state index contributed by atoms with van der Waals surface area (Å²) in [6, 6.07) is -5.33. The van der Waals surface area contributed by atoms with Gasteiger partial charge in [-0.25, -0.2) is 4.79 Å². The van der Waals surface area contributed by atoms with Gasteiger partial charge in [0.05, 0.1) is 12.5 Å². The smallest absolute Gasteiger partial charge is 0.326 e. The molecule has 0 bridgehead atoms. The number of carbonyl (C=O) groups is 6. The largest absolute Gasteiger partial charge is 0.481 e. The van der Waals surface area contributed by atoms with Crippen LogP contribution in [0.25, 0.3) is 0 Å². The molecule has 0 aliphatic heterocycles. The quantitative estimate of drug-likeness (QED) is 0.0480. The van der Waals surface area contributed by atoms with Gasteiger partial charge in [0.1, 0.15) is 18.1 Å². The predicted octanol–water partition coefficient (Wildman–Crippen LogP) is -3.31. The third kappa shape index (κ3) is 13.6. The van der Waals surface area contributed by atoms with E-state index < -0.39 is 78.5 Å². The van der Waals surface area contributed by atoms with Crippen molar-refractivity contribution in [3.8, 4) is 0 Å². The zero-order valence-corrected chi connectivity index (χ0v) is 20.9. The van der Waals surface area contributed by atoms with Gasteiger partial charge in [0.15, 0.2) is 5.96 Å². The van der Waals surface area contributed by atoms with E-state index in [1.54, 1.807) is 13.8 Å². The predicted molar refractivity (Wildman–Crippen MR) is 131 cm³/mol. The third-order valence-corrected chi connectivity index (χ3v) is 5.40. The number of aliphatic imine (C=N–C) groups is 1. The van der Waals surface area contributed by atoms with E-state index in [9.17, 15) is 33.9 Å². The number of primary amides is 1. The van der Waals surface area contributed by atoms with Gasteiger partial charge in [-0.05, 0) is 25.2 Å². The zero-order chi connectivity index (χ0) is 28.7. The lowest BCUT2D eigenvalue weighted by Crippen LogP contribution is -2.58.